The van der Waals surface area contributed by atoms with Crippen molar-refractivity contribution in [2.75, 3.05) is 0 Å². The second kappa shape index (κ2) is 4.26. The Kier molecular flexibility index (Phi) is 3.56. The monoisotopic (exact) mass is 222 g/mol. The summed E-state index contributed by atoms with van der Waals surface area (Å²) in [6.07, 6.45) is 0. The highest BCUT2D eigenvalue weighted by molar-refractivity contribution is 7.87. The fraction of sp³-hybridized carbons (Fsp3) is 0.250. The SMILES string of the molecule is C[C@H](Cl)S(=O)c1ccc(Cl)cc1. The van der Waals surface area contributed by atoms with E-state index in [0.717, 1.165) is 0 Å². The standard InChI is InChI=1S/C8H8Cl2OS/c1-6(9)12(11)8-4-2-7(10)3-5-8/h2-6H,1H3/t6-,12?/m1/s1. The zero-order chi connectivity index (χ0) is 9.14. The molecule has 0 bridgehead atoms. The summed E-state index contributed by atoms with van der Waals surface area (Å²) in [6.45, 7) is 1.70. The van der Waals surface area contributed by atoms with Crippen molar-refractivity contribution in [1.82, 2.24) is 0 Å². The van der Waals surface area contributed by atoms with Crippen LogP contribution >= 0.6 is 23.2 Å². The van der Waals surface area contributed by atoms with E-state index in [1.165, 1.54) is 0 Å². The fourth-order valence-electron chi connectivity index (χ4n) is 0.756. The first-order valence-corrected chi connectivity index (χ1v) is 5.44. The molecule has 66 valence electrons. The van der Waals surface area contributed by atoms with Crippen molar-refractivity contribution in [3.05, 3.63) is 29.3 Å². The normalized spacial score (nSPS) is 15.6. The molecule has 0 saturated heterocycles. The van der Waals surface area contributed by atoms with Gasteiger partial charge in [0.05, 0.1) is 10.8 Å². The van der Waals surface area contributed by atoms with Gasteiger partial charge in [0.25, 0.3) is 0 Å². The molecule has 0 aliphatic heterocycles. The van der Waals surface area contributed by atoms with Gasteiger partial charge in [0, 0.05) is 9.92 Å². The molecular weight excluding hydrogens is 215 g/mol. The molecule has 1 unspecified atom stereocenters. The number of alkyl halides is 1. The molecule has 0 radical (unpaired) electrons. The fourth-order valence-corrected chi connectivity index (χ4v) is 1.97. The average Bonchev–Trinajstić information content (AvgIpc) is 2.04. The number of hydrogen-bond donors (Lipinski definition) is 0. The molecule has 0 aliphatic carbocycles. The topological polar surface area (TPSA) is 17.1 Å². The molecule has 0 N–H and O–H groups in total. The summed E-state index contributed by atoms with van der Waals surface area (Å²) < 4.78 is 11.0. The smallest absolute Gasteiger partial charge is 0.110 e. The van der Waals surface area contributed by atoms with E-state index in [1.54, 1.807) is 31.2 Å². The van der Waals surface area contributed by atoms with Crippen LogP contribution in [0.15, 0.2) is 29.2 Å². The molecule has 12 heavy (non-hydrogen) atoms. The first-order valence-electron chi connectivity index (χ1n) is 3.41. The van der Waals surface area contributed by atoms with Crippen LogP contribution in [0.2, 0.25) is 5.02 Å². The lowest BCUT2D eigenvalue weighted by atomic mass is 10.4. The molecule has 0 saturated carbocycles. The Morgan fingerprint density at radius 1 is 1.33 bits per heavy atom. The number of benzene rings is 1. The maximum Gasteiger partial charge on any atom is 0.110 e. The van der Waals surface area contributed by atoms with Crippen molar-refractivity contribution in [2.45, 2.75) is 16.5 Å². The molecule has 0 fully saturated rings. The molecule has 2 atom stereocenters. The quantitative estimate of drug-likeness (QED) is 0.704. The van der Waals surface area contributed by atoms with E-state index in [1.807, 2.05) is 0 Å². The first kappa shape index (κ1) is 10.0. The van der Waals surface area contributed by atoms with Gasteiger partial charge in [0.1, 0.15) is 4.71 Å². The zero-order valence-electron chi connectivity index (χ0n) is 6.46. The van der Waals surface area contributed by atoms with E-state index in [9.17, 15) is 4.21 Å². The third-order valence-corrected chi connectivity index (χ3v) is 3.41. The van der Waals surface area contributed by atoms with Crippen molar-refractivity contribution in [1.29, 1.82) is 0 Å². The van der Waals surface area contributed by atoms with Crippen LogP contribution in [0, 0.1) is 0 Å². The Labute approximate surface area is 84.1 Å². The molecule has 0 aromatic heterocycles. The van der Waals surface area contributed by atoms with E-state index in [4.69, 9.17) is 23.2 Å². The van der Waals surface area contributed by atoms with Gasteiger partial charge >= 0.3 is 0 Å². The van der Waals surface area contributed by atoms with Crippen molar-refractivity contribution in [3.8, 4) is 0 Å². The molecule has 1 aromatic carbocycles. The molecule has 1 aromatic rings. The minimum atomic E-state index is -1.14. The Hall–Kier alpha value is -0.0500. The zero-order valence-corrected chi connectivity index (χ0v) is 8.79. The maximum atomic E-state index is 11.4. The van der Waals surface area contributed by atoms with Gasteiger partial charge in [0.15, 0.2) is 0 Å². The molecule has 0 spiro atoms. The third kappa shape index (κ3) is 2.47. The summed E-state index contributed by atoms with van der Waals surface area (Å²) in [5, 5.41) is 0.637. The van der Waals surface area contributed by atoms with Gasteiger partial charge in [0.2, 0.25) is 0 Å². The van der Waals surface area contributed by atoms with Gasteiger partial charge in [-0.05, 0) is 31.2 Å². The molecule has 1 rings (SSSR count). The van der Waals surface area contributed by atoms with E-state index < -0.39 is 10.8 Å². The third-order valence-electron chi connectivity index (χ3n) is 1.34. The second-order valence-corrected chi connectivity index (χ2v) is 5.42. The van der Waals surface area contributed by atoms with Crippen LogP contribution in [0.5, 0.6) is 0 Å². The highest BCUT2D eigenvalue weighted by atomic mass is 35.5. The summed E-state index contributed by atoms with van der Waals surface area (Å²) in [4.78, 5) is 0.710. The van der Waals surface area contributed by atoms with E-state index in [-0.39, 0.29) is 4.71 Å². The van der Waals surface area contributed by atoms with Gasteiger partial charge in [-0.2, -0.15) is 0 Å². The van der Waals surface area contributed by atoms with Gasteiger partial charge < -0.3 is 0 Å². The predicted molar refractivity (Wildman–Crippen MR) is 53.2 cm³/mol. The number of halogens is 2. The minimum Gasteiger partial charge on any atom is -0.253 e. The molecule has 0 amide bonds. The van der Waals surface area contributed by atoms with E-state index >= 15 is 0 Å². The van der Waals surface area contributed by atoms with Crippen molar-refractivity contribution in [3.63, 3.8) is 0 Å². The first-order chi connectivity index (χ1) is 5.61. The molecule has 1 nitrogen and oxygen atoms in total. The van der Waals surface area contributed by atoms with E-state index in [0.29, 0.717) is 9.92 Å². The van der Waals surface area contributed by atoms with E-state index in [2.05, 4.69) is 0 Å². The minimum absolute atomic E-state index is 0.369. The maximum absolute atomic E-state index is 11.4. The van der Waals surface area contributed by atoms with Crippen LogP contribution in [0.3, 0.4) is 0 Å². The Morgan fingerprint density at radius 3 is 2.25 bits per heavy atom. The Morgan fingerprint density at radius 2 is 1.83 bits per heavy atom. The van der Waals surface area contributed by atoms with Crippen LogP contribution in [0.25, 0.3) is 0 Å². The Bertz CT molecular complexity index is 282. The van der Waals surface area contributed by atoms with Gasteiger partial charge in [-0.3, -0.25) is 4.21 Å². The van der Waals surface area contributed by atoms with Crippen molar-refractivity contribution < 1.29 is 4.21 Å². The molecule has 4 heteroatoms. The molecular formula is C8H8Cl2OS. The number of rotatable bonds is 2. The lowest BCUT2D eigenvalue weighted by molar-refractivity contribution is 0.682. The number of hydrogen-bond acceptors (Lipinski definition) is 1. The molecule has 0 aliphatic rings. The van der Waals surface area contributed by atoms with Crippen LogP contribution < -0.4 is 0 Å². The summed E-state index contributed by atoms with van der Waals surface area (Å²) in [5.41, 5.74) is 0. The van der Waals surface area contributed by atoms with Crippen LogP contribution in [-0.2, 0) is 10.8 Å². The highest BCUT2D eigenvalue weighted by Gasteiger charge is 2.08. The highest BCUT2D eigenvalue weighted by Crippen LogP contribution is 2.16. The average molecular weight is 223 g/mol. The molecule has 0 heterocycles. The largest absolute Gasteiger partial charge is 0.253 e. The lowest BCUT2D eigenvalue weighted by Crippen LogP contribution is -2.02. The van der Waals surface area contributed by atoms with Gasteiger partial charge in [-0.15, -0.1) is 11.6 Å². The van der Waals surface area contributed by atoms with Crippen LogP contribution in [-0.4, -0.2) is 8.92 Å². The second-order valence-electron chi connectivity index (χ2n) is 2.29. The summed E-state index contributed by atoms with van der Waals surface area (Å²) in [6, 6.07) is 6.84. The van der Waals surface area contributed by atoms with Crippen LogP contribution in [0.1, 0.15) is 6.92 Å². The summed E-state index contributed by atoms with van der Waals surface area (Å²) >= 11 is 11.3. The predicted octanol–water partition coefficient (Wildman–Crippen LogP) is 3.03. The van der Waals surface area contributed by atoms with Gasteiger partial charge in [-0.1, -0.05) is 11.6 Å². The lowest BCUT2D eigenvalue weighted by Gasteiger charge is -2.02. The summed E-state index contributed by atoms with van der Waals surface area (Å²) in [7, 11) is -1.14. The Balaban J connectivity index is 2.90. The van der Waals surface area contributed by atoms with Crippen molar-refractivity contribution in [2.24, 2.45) is 0 Å². The van der Waals surface area contributed by atoms with Gasteiger partial charge in [-0.25, -0.2) is 0 Å². The van der Waals surface area contributed by atoms with Crippen molar-refractivity contribution >= 4 is 34.0 Å². The van der Waals surface area contributed by atoms with Crippen LogP contribution in [0.4, 0.5) is 0 Å². The summed E-state index contributed by atoms with van der Waals surface area (Å²) in [5.74, 6) is 0.